The van der Waals surface area contributed by atoms with Crippen molar-refractivity contribution < 1.29 is 33.2 Å². The number of ether oxygens (including phenoxy) is 6. The van der Waals surface area contributed by atoms with Gasteiger partial charge in [0.2, 0.25) is 3.79 Å². The SMILES string of the molecule is C=CCO[C@H]1O[C@@H]2CO[C@@H](c3ccccc3)O[C@H]2[C@H](OCc2ccccc2)[C@H]1NC(=O)OCC(Cl)(Cl)Cl. The number of benzene rings is 2. The minimum absolute atomic E-state index is 0.170. The minimum Gasteiger partial charge on any atom is -0.445 e. The molecule has 0 spiro atoms. The zero-order chi connectivity index (χ0) is 26.3. The van der Waals surface area contributed by atoms with E-state index in [9.17, 15) is 4.79 Å². The number of nitrogens with one attached hydrogen (secondary N) is 1. The van der Waals surface area contributed by atoms with Crippen LogP contribution in [0.3, 0.4) is 0 Å². The Hall–Kier alpha value is -1.88. The molecule has 4 rings (SSSR count). The van der Waals surface area contributed by atoms with Crippen molar-refractivity contribution in [3.05, 3.63) is 84.4 Å². The second-order valence-electron chi connectivity index (χ2n) is 8.46. The fourth-order valence-corrected chi connectivity index (χ4v) is 4.26. The van der Waals surface area contributed by atoms with Crippen LogP contribution in [-0.2, 0) is 35.0 Å². The maximum Gasteiger partial charge on any atom is 0.407 e. The van der Waals surface area contributed by atoms with Crippen molar-refractivity contribution >= 4 is 40.9 Å². The van der Waals surface area contributed by atoms with Gasteiger partial charge in [-0.1, -0.05) is 102 Å². The number of rotatable bonds is 9. The van der Waals surface area contributed by atoms with Crippen LogP contribution in [-0.4, -0.2) is 60.4 Å². The molecule has 6 atom stereocenters. The summed E-state index contributed by atoms with van der Waals surface area (Å²) in [5, 5.41) is 2.76. The standard InChI is InChI=1S/C26H28Cl3NO7/c1-2-13-32-24-20(30-25(31)35-16-26(27,28)29)22(33-14-17-9-5-3-6-10-17)21-19(36-24)15-34-23(37-21)18-11-7-4-8-12-18/h2-12,19-24H,1,13-16H2,(H,30,31)/t19-,20-,21-,22-,23-,24+/m1/s1. The summed E-state index contributed by atoms with van der Waals surface area (Å²) >= 11 is 17.2. The molecular weight excluding hydrogens is 545 g/mol. The maximum atomic E-state index is 12.7. The molecule has 1 amide bonds. The van der Waals surface area contributed by atoms with E-state index < -0.39 is 53.4 Å². The average Bonchev–Trinajstić information content (AvgIpc) is 2.90. The Morgan fingerprint density at radius 3 is 2.43 bits per heavy atom. The molecule has 2 fully saturated rings. The van der Waals surface area contributed by atoms with Crippen LogP contribution in [0.25, 0.3) is 0 Å². The molecule has 8 nitrogen and oxygen atoms in total. The van der Waals surface area contributed by atoms with Gasteiger partial charge in [0, 0.05) is 5.56 Å². The Morgan fingerprint density at radius 1 is 1.05 bits per heavy atom. The molecule has 37 heavy (non-hydrogen) atoms. The van der Waals surface area contributed by atoms with Crippen LogP contribution >= 0.6 is 34.8 Å². The van der Waals surface area contributed by atoms with Crippen molar-refractivity contribution in [1.29, 1.82) is 0 Å². The molecule has 0 unspecified atom stereocenters. The van der Waals surface area contributed by atoms with E-state index in [0.717, 1.165) is 11.1 Å². The van der Waals surface area contributed by atoms with Crippen LogP contribution in [0, 0.1) is 0 Å². The lowest BCUT2D eigenvalue weighted by Crippen LogP contribution is -2.67. The smallest absolute Gasteiger partial charge is 0.407 e. The number of carbonyl (C=O) groups excluding carboxylic acids is 1. The normalized spacial score (nSPS) is 27.6. The van der Waals surface area contributed by atoms with Crippen LogP contribution in [0.15, 0.2) is 73.3 Å². The van der Waals surface area contributed by atoms with Gasteiger partial charge in [-0.3, -0.25) is 0 Å². The van der Waals surface area contributed by atoms with Crippen LogP contribution in [0.4, 0.5) is 4.79 Å². The summed E-state index contributed by atoms with van der Waals surface area (Å²) in [6.45, 7) is 3.90. The first-order valence-corrected chi connectivity index (χ1v) is 12.8. The molecule has 0 radical (unpaired) electrons. The van der Waals surface area contributed by atoms with Gasteiger partial charge in [0.1, 0.15) is 31.0 Å². The Labute approximate surface area is 230 Å². The molecule has 200 valence electrons. The second-order valence-corrected chi connectivity index (χ2v) is 11.0. The van der Waals surface area contributed by atoms with Crippen molar-refractivity contribution in [3.63, 3.8) is 0 Å². The first-order chi connectivity index (χ1) is 17.8. The molecule has 0 aliphatic carbocycles. The summed E-state index contributed by atoms with van der Waals surface area (Å²) in [6.07, 6.45) is -2.64. The van der Waals surface area contributed by atoms with E-state index in [1.54, 1.807) is 6.08 Å². The van der Waals surface area contributed by atoms with E-state index in [1.165, 1.54) is 0 Å². The number of halogens is 3. The van der Waals surface area contributed by atoms with E-state index in [2.05, 4.69) is 11.9 Å². The molecule has 0 saturated carbocycles. The first kappa shape index (κ1) is 28.1. The fourth-order valence-electron chi connectivity index (χ4n) is 4.10. The summed E-state index contributed by atoms with van der Waals surface area (Å²) in [4.78, 5) is 12.7. The summed E-state index contributed by atoms with van der Waals surface area (Å²) in [6, 6.07) is 18.3. The third-order valence-corrected chi connectivity index (χ3v) is 6.05. The molecule has 2 saturated heterocycles. The molecule has 11 heteroatoms. The molecule has 2 aromatic rings. The lowest BCUT2D eigenvalue weighted by atomic mass is 9.95. The number of alkyl halides is 3. The largest absolute Gasteiger partial charge is 0.445 e. The van der Waals surface area contributed by atoms with Gasteiger partial charge >= 0.3 is 6.09 Å². The molecule has 2 aromatic carbocycles. The lowest BCUT2D eigenvalue weighted by molar-refractivity contribution is -0.348. The number of alkyl carbamates (subject to hydrolysis) is 1. The summed E-state index contributed by atoms with van der Waals surface area (Å²) in [5.41, 5.74) is 1.79. The van der Waals surface area contributed by atoms with Gasteiger partial charge < -0.3 is 33.7 Å². The van der Waals surface area contributed by atoms with E-state index in [0.29, 0.717) is 0 Å². The van der Waals surface area contributed by atoms with E-state index >= 15 is 0 Å². The Bertz CT molecular complexity index is 1010. The Balaban J connectivity index is 1.58. The number of carbonyl (C=O) groups is 1. The van der Waals surface area contributed by atoms with Gasteiger partial charge in [0.25, 0.3) is 0 Å². The predicted molar refractivity (Wildman–Crippen MR) is 138 cm³/mol. The lowest BCUT2D eigenvalue weighted by Gasteiger charge is -2.49. The summed E-state index contributed by atoms with van der Waals surface area (Å²) in [7, 11) is 0. The summed E-state index contributed by atoms with van der Waals surface area (Å²) in [5.74, 6) is 0. The maximum absolute atomic E-state index is 12.7. The predicted octanol–water partition coefficient (Wildman–Crippen LogP) is 5.08. The number of hydrogen-bond acceptors (Lipinski definition) is 7. The number of hydrogen-bond donors (Lipinski definition) is 1. The molecular formula is C26H28Cl3NO7. The van der Waals surface area contributed by atoms with Crippen LogP contribution in [0.5, 0.6) is 0 Å². The van der Waals surface area contributed by atoms with E-state index in [4.69, 9.17) is 63.2 Å². The monoisotopic (exact) mass is 571 g/mol. The Morgan fingerprint density at radius 2 is 1.76 bits per heavy atom. The molecule has 1 N–H and O–H groups in total. The molecule has 2 aliphatic heterocycles. The highest BCUT2D eigenvalue weighted by Crippen LogP contribution is 2.36. The number of fused-ring (bicyclic) bond motifs is 1. The van der Waals surface area contributed by atoms with Gasteiger partial charge in [0.05, 0.1) is 19.8 Å². The van der Waals surface area contributed by atoms with Gasteiger partial charge in [0.15, 0.2) is 12.6 Å². The fraction of sp³-hybridized carbons (Fsp3) is 0.423. The van der Waals surface area contributed by atoms with Gasteiger partial charge in [-0.15, -0.1) is 6.58 Å². The van der Waals surface area contributed by atoms with Crippen molar-refractivity contribution in [2.45, 2.75) is 47.3 Å². The molecule has 0 bridgehead atoms. The highest BCUT2D eigenvalue weighted by molar-refractivity contribution is 6.67. The summed E-state index contributed by atoms with van der Waals surface area (Å²) < 4.78 is 34.0. The van der Waals surface area contributed by atoms with Gasteiger partial charge in [-0.05, 0) is 5.56 Å². The van der Waals surface area contributed by atoms with Crippen molar-refractivity contribution in [2.24, 2.45) is 0 Å². The third kappa shape index (κ3) is 8.05. The topological polar surface area (TPSA) is 84.5 Å². The second kappa shape index (κ2) is 13.3. The van der Waals surface area contributed by atoms with Crippen molar-refractivity contribution in [2.75, 3.05) is 19.8 Å². The average molecular weight is 573 g/mol. The number of amides is 1. The van der Waals surface area contributed by atoms with Crippen LogP contribution < -0.4 is 5.32 Å². The van der Waals surface area contributed by atoms with E-state index in [-0.39, 0.29) is 19.8 Å². The van der Waals surface area contributed by atoms with Gasteiger partial charge in [-0.25, -0.2) is 4.79 Å². The highest BCUT2D eigenvalue weighted by atomic mass is 35.6. The zero-order valence-corrected chi connectivity index (χ0v) is 22.1. The van der Waals surface area contributed by atoms with Crippen molar-refractivity contribution in [3.8, 4) is 0 Å². The molecule has 2 heterocycles. The van der Waals surface area contributed by atoms with Crippen LogP contribution in [0.2, 0.25) is 0 Å². The quantitative estimate of drug-likeness (QED) is 0.331. The highest BCUT2D eigenvalue weighted by Gasteiger charge is 2.52. The molecule has 0 aromatic heterocycles. The molecule has 2 aliphatic rings. The first-order valence-electron chi connectivity index (χ1n) is 11.7. The van der Waals surface area contributed by atoms with Crippen molar-refractivity contribution in [1.82, 2.24) is 5.32 Å². The third-order valence-electron chi connectivity index (χ3n) is 5.73. The van der Waals surface area contributed by atoms with E-state index in [1.807, 2.05) is 60.7 Å². The van der Waals surface area contributed by atoms with Crippen LogP contribution in [0.1, 0.15) is 17.4 Å². The Kier molecular flexibility index (Phi) is 10.1. The zero-order valence-electron chi connectivity index (χ0n) is 19.8. The minimum atomic E-state index is -1.76. The van der Waals surface area contributed by atoms with Gasteiger partial charge in [-0.2, -0.15) is 0 Å².